The zero-order chi connectivity index (χ0) is 16.7. The van der Waals surface area contributed by atoms with Crippen LogP contribution in [0, 0.1) is 29.6 Å². The normalized spacial score (nSPS) is 35.4. The van der Waals surface area contributed by atoms with Crippen LogP contribution in [0.1, 0.15) is 39.0 Å². The SMILES string of the molecule is CC1CCN(C(=O)C2C3CCC2CC3)CC1CNc1nnnn1C. The largest absolute Gasteiger partial charge is 0.353 e. The molecule has 2 aliphatic carbocycles. The molecule has 2 heterocycles. The van der Waals surface area contributed by atoms with Gasteiger partial charge in [-0.05, 0) is 66.2 Å². The molecule has 1 aromatic heterocycles. The summed E-state index contributed by atoms with van der Waals surface area (Å²) in [6.07, 6.45) is 6.19. The van der Waals surface area contributed by atoms with E-state index in [0.29, 0.717) is 41.4 Å². The molecule has 1 amide bonds. The Hall–Kier alpha value is -1.66. The molecule has 132 valence electrons. The first kappa shape index (κ1) is 15.8. The van der Waals surface area contributed by atoms with Gasteiger partial charge in [0.2, 0.25) is 11.9 Å². The molecule has 2 saturated carbocycles. The lowest BCUT2D eigenvalue weighted by atomic mass is 9.85. The summed E-state index contributed by atoms with van der Waals surface area (Å²) in [6, 6.07) is 0. The van der Waals surface area contributed by atoms with E-state index in [1.807, 2.05) is 7.05 Å². The van der Waals surface area contributed by atoms with Crippen LogP contribution in [0.3, 0.4) is 0 Å². The van der Waals surface area contributed by atoms with Crippen LogP contribution in [-0.2, 0) is 11.8 Å². The summed E-state index contributed by atoms with van der Waals surface area (Å²) < 4.78 is 1.65. The van der Waals surface area contributed by atoms with Crippen molar-refractivity contribution in [2.45, 2.75) is 39.0 Å². The summed E-state index contributed by atoms with van der Waals surface area (Å²) in [5, 5.41) is 14.8. The number of carbonyl (C=O) groups excluding carboxylic acids is 1. The van der Waals surface area contributed by atoms with E-state index < -0.39 is 0 Å². The van der Waals surface area contributed by atoms with E-state index in [0.717, 1.165) is 26.1 Å². The third-order valence-corrected chi connectivity index (χ3v) is 6.69. The summed E-state index contributed by atoms with van der Waals surface area (Å²) in [6.45, 7) is 4.91. The van der Waals surface area contributed by atoms with E-state index in [-0.39, 0.29) is 0 Å². The molecule has 1 saturated heterocycles. The van der Waals surface area contributed by atoms with Crippen LogP contribution >= 0.6 is 0 Å². The summed E-state index contributed by atoms with van der Waals surface area (Å²) in [5.74, 6) is 3.87. The molecule has 3 fully saturated rings. The highest BCUT2D eigenvalue weighted by molar-refractivity contribution is 5.80. The van der Waals surface area contributed by atoms with Crippen LogP contribution in [0.4, 0.5) is 5.95 Å². The second-order valence-electron chi connectivity index (χ2n) is 8.02. The predicted octanol–water partition coefficient (Wildman–Crippen LogP) is 1.54. The Morgan fingerprint density at radius 1 is 1.21 bits per heavy atom. The quantitative estimate of drug-likeness (QED) is 0.905. The van der Waals surface area contributed by atoms with Gasteiger partial charge in [0.15, 0.2) is 0 Å². The van der Waals surface area contributed by atoms with Crippen molar-refractivity contribution >= 4 is 11.9 Å². The lowest BCUT2D eigenvalue weighted by Crippen LogP contribution is -2.48. The number of aryl methyl sites for hydroxylation is 1. The van der Waals surface area contributed by atoms with E-state index in [9.17, 15) is 4.79 Å². The van der Waals surface area contributed by atoms with Crippen LogP contribution in [0.25, 0.3) is 0 Å². The van der Waals surface area contributed by atoms with Gasteiger partial charge in [-0.1, -0.05) is 12.0 Å². The topological polar surface area (TPSA) is 75.9 Å². The van der Waals surface area contributed by atoms with E-state index in [4.69, 9.17) is 0 Å². The summed E-state index contributed by atoms with van der Waals surface area (Å²) in [5.41, 5.74) is 0. The molecule has 1 aliphatic heterocycles. The first-order valence-corrected chi connectivity index (χ1v) is 9.38. The fraction of sp³-hybridized carbons (Fsp3) is 0.882. The molecular weight excluding hydrogens is 304 g/mol. The van der Waals surface area contributed by atoms with Gasteiger partial charge >= 0.3 is 0 Å². The van der Waals surface area contributed by atoms with Crippen molar-refractivity contribution < 1.29 is 4.79 Å². The average Bonchev–Trinajstić information content (AvgIpc) is 3.29. The van der Waals surface area contributed by atoms with Crippen molar-refractivity contribution in [1.82, 2.24) is 25.1 Å². The lowest BCUT2D eigenvalue weighted by Gasteiger charge is -2.39. The Kier molecular flexibility index (Phi) is 4.18. The van der Waals surface area contributed by atoms with Gasteiger partial charge in [-0.15, -0.1) is 0 Å². The number of nitrogens with one attached hydrogen (secondary N) is 1. The maximum Gasteiger partial charge on any atom is 0.242 e. The minimum atomic E-state index is 0.329. The second-order valence-corrected chi connectivity index (χ2v) is 8.02. The number of piperidine rings is 1. The molecule has 24 heavy (non-hydrogen) atoms. The number of rotatable bonds is 4. The monoisotopic (exact) mass is 332 g/mol. The van der Waals surface area contributed by atoms with Crippen molar-refractivity contribution in [1.29, 1.82) is 0 Å². The number of carbonyl (C=O) groups is 1. The van der Waals surface area contributed by atoms with Gasteiger partial charge in [0.05, 0.1) is 0 Å². The van der Waals surface area contributed by atoms with E-state index in [1.165, 1.54) is 25.7 Å². The van der Waals surface area contributed by atoms with Gasteiger partial charge in [-0.25, -0.2) is 4.68 Å². The fourth-order valence-electron chi connectivity index (χ4n) is 5.08. The third-order valence-electron chi connectivity index (χ3n) is 6.69. The fourth-order valence-corrected chi connectivity index (χ4v) is 5.08. The maximum atomic E-state index is 13.1. The molecule has 2 atom stereocenters. The average molecular weight is 332 g/mol. The lowest BCUT2D eigenvalue weighted by molar-refractivity contribution is -0.139. The van der Waals surface area contributed by atoms with Gasteiger partial charge < -0.3 is 10.2 Å². The highest BCUT2D eigenvalue weighted by Gasteiger charge is 2.47. The minimum Gasteiger partial charge on any atom is -0.353 e. The molecule has 0 spiro atoms. The molecule has 7 nitrogen and oxygen atoms in total. The highest BCUT2D eigenvalue weighted by atomic mass is 16.2. The molecule has 2 bridgehead atoms. The highest BCUT2D eigenvalue weighted by Crippen LogP contribution is 2.50. The van der Waals surface area contributed by atoms with Gasteiger partial charge in [-0.3, -0.25) is 4.79 Å². The van der Waals surface area contributed by atoms with Crippen LogP contribution in [-0.4, -0.2) is 50.6 Å². The number of nitrogens with zero attached hydrogens (tertiary/aromatic N) is 5. The number of hydrogen-bond acceptors (Lipinski definition) is 5. The van der Waals surface area contributed by atoms with Crippen molar-refractivity contribution in [2.75, 3.05) is 25.0 Å². The van der Waals surface area contributed by atoms with Crippen molar-refractivity contribution in [3.63, 3.8) is 0 Å². The standard InChI is InChI=1S/C17H28N6O/c1-11-7-8-23(16(24)15-12-3-4-13(15)6-5-12)10-14(11)9-18-17-19-20-21-22(17)2/h11-15H,3-10H2,1-2H3,(H,18,19,21). The predicted molar refractivity (Wildman–Crippen MR) is 90.1 cm³/mol. The van der Waals surface area contributed by atoms with E-state index >= 15 is 0 Å². The second kappa shape index (κ2) is 6.33. The minimum absolute atomic E-state index is 0.329. The Bertz CT molecular complexity index is 582. The Labute approximate surface area is 143 Å². The number of anilines is 1. The molecule has 1 N–H and O–H groups in total. The van der Waals surface area contributed by atoms with Crippen LogP contribution < -0.4 is 5.32 Å². The van der Waals surface area contributed by atoms with Gasteiger partial charge in [0.1, 0.15) is 0 Å². The summed E-state index contributed by atoms with van der Waals surface area (Å²) in [4.78, 5) is 15.2. The Morgan fingerprint density at radius 2 is 1.92 bits per heavy atom. The smallest absolute Gasteiger partial charge is 0.242 e. The van der Waals surface area contributed by atoms with Crippen LogP contribution in [0.2, 0.25) is 0 Å². The summed E-state index contributed by atoms with van der Waals surface area (Å²) >= 11 is 0. The third kappa shape index (κ3) is 2.78. The zero-order valence-corrected chi connectivity index (χ0v) is 14.7. The molecule has 0 aromatic carbocycles. The molecule has 2 unspecified atom stereocenters. The van der Waals surface area contributed by atoms with Crippen LogP contribution in [0.5, 0.6) is 0 Å². The summed E-state index contributed by atoms with van der Waals surface area (Å²) in [7, 11) is 1.83. The number of likely N-dealkylation sites (tertiary alicyclic amines) is 1. The maximum absolute atomic E-state index is 13.1. The van der Waals surface area contributed by atoms with Gasteiger partial charge in [0.25, 0.3) is 0 Å². The number of tetrazole rings is 1. The first-order valence-electron chi connectivity index (χ1n) is 9.38. The van der Waals surface area contributed by atoms with Crippen molar-refractivity contribution in [3.8, 4) is 0 Å². The Balaban J connectivity index is 1.37. The molecule has 4 rings (SSSR count). The zero-order valence-electron chi connectivity index (χ0n) is 14.7. The Morgan fingerprint density at radius 3 is 2.54 bits per heavy atom. The molecule has 1 aromatic rings. The molecule has 0 radical (unpaired) electrons. The number of hydrogen-bond donors (Lipinski definition) is 1. The number of aromatic nitrogens is 4. The number of amides is 1. The molecule has 3 aliphatic rings. The van der Waals surface area contributed by atoms with Crippen molar-refractivity contribution in [2.24, 2.45) is 36.6 Å². The molecular formula is C17H28N6O. The molecule has 7 heteroatoms. The van der Waals surface area contributed by atoms with E-state index in [2.05, 4.69) is 32.7 Å². The van der Waals surface area contributed by atoms with Crippen molar-refractivity contribution in [3.05, 3.63) is 0 Å². The number of fused-ring (bicyclic) bond motifs is 2. The van der Waals surface area contributed by atoms with Gasteiger partial charge in [0, 0.05) is 32.6 Å². The van der Waals surface area contributed by atoms with E-state index in [1.54, 1.807) is 4.68 Å². The first-order chi connectivity index (χ1) is 11.6. The van der Waals surface area contributed by atoms with Crippen LogP contribution in [0.15, 0.2) is 0 Å². The van der Waals surface area contributed by atoms with Gasteiger partial charge in [-0.2, -0.15) is 0 Å².